The van der Waals surface area contributed by atoms with Crippen molar-refractivity contribution in [2.24, 2.45) is 5.11 Å². The molecule has 3 aromatic carbocycles. The van der Waals surface area contributed by atoms with Gasteiger partial charge in [0.2, 0.25) is 5.69 Å². The van der Waals surface area contributed by atoms with Crippen LogP contribution in [0, 0.1) is 0 Å². The van der Waals surface area contributed by atoms with Crippen molar-refractivity contribution in [3.8, 4) is 5.75 Å². The first-order valence-electron chi connectivity index (χ1n) is 8.27. The normalized spacial score (nSPS) is 14.0. The molecule has 1 aliphatic heterocycles. The molecule has 0 aromatic heterocycles. The van der Waals surface area contributed by atoms with Crippen molar-refractivity contribution in [1.82, 2.24) is 0 Å². The largest absolute Gasteiger partial charge is 0.431 e. The summed E-state index contributed by atoms with van der Waals surface area (Å²) in [6.45, 7) is 7.51. The van der Waals surface area contributed by atoms with Crippen LogP contribution in [-0.4, -0.2) is 19.5 Å². The smallest absolute Gasteiger partial charge is 0.317 e. The zero-order chi connectivity index (χ0) is 16.7. The van der Waals surface area contributed by atoms with Crippen LogP contribution in [0.15, 0.2) is 65.8 Å². The van der Waals surface area contributed by atoms with E-state index in [4.69, 9.17) is 9.85 Å². The molecule has 0 saturated heterocycles. The molecule has 0 spiro atoms. The molecule has 0 fully saturated rings. The van der Waals surface area contributed by atoms with Crippen LogP contribution in [0.4, 0.5) is 11.4 Å². The van der Waals surface area contributed by atoms with Gasteiger partial charge in [-0.25, -0.2) is 0 Å². The topological polar surface area (TPSA) is 24.6 Å². The fraction of sp³-hybridized carbons (Fsp3) is 0.200. The van der Waals surface area contributed by atoms with Crippen molar-refractivity contribution >= 4 is 35.4 Å². The lowest BCUT2D eigenvalue weighted by molar-refractivity contribution is -0.544. The summed E-state index contributed by atoms with van der Waals surface area (Å²) in [5.41, 5.74) is 2.01. The van der Waals surface area contributed by atoms with Crippen molar-refractivity contribution in [2.75, 3.05) is 6.73 Å². The highest BCUT2D eigenvalue weighted by Gasteiger charge is 2.30. The van der Waals surface area contributed by atoms with Crippen molar-refractivity contribution in [3.05, 3.63) is 60.7 Å². The third-order valence-corrected chi connectivity index (χ3v) is 6.38. The standard InChI is InChI=1S/C20H21N2OSi/c1-24(2,3)18-13-15-9-7-8-12-17(15)19-20(18)23-14-22(21-19)16-10-5-4-6-11-16/h4-13H,14H2,1-3H3/q+1. The molecule has 120 valence electrons. The molecule has 0 aliphatic carbocycles. The van der Waals surface area contributed by atoms with Gasteiger partial charge in [-0.15, -0.1) is 0 Å². The Morgan fingerprint density at radius 2 is 1.67 bits per heavy atom. The molecule has 0 amide bonds. The van der Waals surface area contributed by atoms with Crippen molar-refractivity contribution < 1.29 is 9.43 Å². The molecular formula is C20H21N2OSi+. The summed E-state index contributed by atoms with van der Waals surface area (Å²) >= 11 is 0. The van der Waals surface area contributed by atoms with Gasteiger partial charge in [0.05, 0.1) is 8.07 Å². The van der Waals surface area contributed by atoms with Gasteiger partial charge >= 0.3 is 6.73 Å². The second kappa shape index (κ2) is 5.56. The minimum absolute atomic E-state index is 0.451. The zero-order valence-electron chi connectivity index (χ0n) is 14.3. The molecule has 4 rings (SSSR count). The molecule has 0 saturated carbocycles. The molecule has 4 heteroatoms. The highest BCUT2D eigenvalue weighted by atomic mass is 28.3. The Hall–Kier alpha value is -2.46. The van der Waals surface area contributed by atoms with Gasteiger partial charge in [-0.1, -0.05) is 68.2 Å². The van der Waals surface area contributed by atoms with E-state index >= 15 is 0 Å². The molecule has 1 aliphatic rings. The van der Waals surface area contributed by atoms with Crippen LogP contribution >= 0.6 is 0 Å². The number of para-hydroxylation sites is 1. The Balaban J connectivity index is 2.00. The van der Waals surface area contributed by atoms with Gasteiger partial charge in [0, 0.05) is 22.6 Å². The third-order valence-electron chi connectivity index (χ3n) is 4.39. The zero-order valence-corrected chi connectivity index (χ0v) is 15.3. The van der Waals surface area contributed by atoms with E-state index in [9.17, 15) is 0 Å². The average Bonchev–Trinajstić information content (AvgIpc) is 2.60. The summed E-state index contributed by atoms with van der Waals surface area (Å²) in [6, 6.07) is 20.9. The molecule has 24 heavy (non-hydrogen) atoms. The lowest BCUT2D eigenvalue weighted by Gasteiger charge is -2.24. The number of fused-ring (bicyclic) bond motifs is 3. The number of benzene rings is 3. The van der Waals surface area contributed by atoms with Crippen molar-refractivity contribution in [1.29, 1.82) is 0 Å². The number of nitrogens with zero attached hydrogens (tertiary/aromatic N) is 2. The van der Waals surface area contributed by atoms with Gasteiger partial charge in [-0.05, 0) is 15.3 Å². The summed E-state index contributed by atoms with van der Waals surface area (Å²) in [4.78, 5) is 0. The summed E-state index contributed by atoms with van der Waals surface area (Å²) in [7, 11) is -1.53. The fourth-order valence-corrected chi connectivity index (χ4v) is 4.58. The van der Waals surface area contributed by atoms with Crippen LogP contribution in [0.1, 0.15) is 0 Å². The van der Waals surface area contributed by atoms with Gasteiger partial charge < -0.3 is 4.74 Å². The number of azo groups is 2. The van der Waals surface area contributed by atoms with Gasteiger partial charge in [0.25, 0.3) is 0 Å². The van der Waals surface area contributed by atoms with Crippen molar-refractivity contribution in [2.45, 2.75) is 19.6 Å². The second-order valence-electron chi connectivity index (χ2n) is 7.18. The van der Waals surface area contributed by atoms with Crippen LogP contribution in [0.25, 0.3) is 10.8 Å². The van der Waals surface area contributed by atoms with E-state index in [2.05, 4.69) is 62.1 Å². The second-order valence-corrected chi connectivity index (χ2v) is 12.2. The summed E-state index contributed by atoms with van der Waals surface area (Å²) < 4.78 is 8.16. The first kappa shape index (κ1) is 15.1. The Morgan fingerprint density at radius 1 is 0.958 bits per heavy atom. The highest BCUT2D eigenvalue weighted by molar-refractivity contribution is 6.89. The lowest BCUT2D eigenvalue weighted by Crippen LogP contribution is -2.39. The van der Waals surface area contributed by atoms with Gasteiger partial charge in [-0.2, -0.15) is 0 Å². The molecule has 0 bridgehead atoms. The minimum atomic E-state index is -1.53. The van der Waals surface area contributed by atoms with Gasteiger partial charge in [0.15, 0.2) is 11.4 Å². The van der Waals surface area contributed by atoms with Crippen molar-refractivity contribution in [3.63, 3.8) is 0 Å². The number of rotatable bonds is 2. The predicted molar refractivity (Wildman–Crippen MR) is 101 cm³/mol. The van der Waals surface area contributed by atoms with Crippen LogP contribution in [-0.2, 0) is 0 Å². The molecule has 1 heterocycles. The number of ether oxygens (including phenoxy) is 1. The highest BCUT2D eigenvalue weighted by Crippen LogP contribution is 2.39. The Bertz CT molecular complexity index is 943. The van der Waals surface area contributed by atoms with E-state index in [0.717, 1.165) is 22.5 Å². The third kappa shape index (κ3) is 2.53. The van der Waals surface area contributed by atoms with E-state index in [1.54, 1.807) is 0 Å². The maximum absolute atomic E-state index is 6.22. The molecule has 0 unspecified atom stereocenters. The molecule has 3 aromatic rings. The van der Waals surface area contributed by atoms with E-state index < -0.39 is 8.07 Å². The Kier molecular flexibility index (Phi) is 3.50. The summed E-state index contributed by atoms with van der Waals surface area (Å²) in [5, 5.41) is 8.67. The molecular weight excluding hydrogens is 312 g/mol. The van der Waals surface area contributed by atoms with Gasteiger partial charge in [0.1, 0.15) is 0 Å². The van der Waals surface area contributed by atoms with Crippen LogP contribution in [0.3, 0.4) is 0 Å². The Labute approximate surface area is 143 Å². The van der Waals surface area contributed by atoms with Crippen LogP contribution in [0.2, 0.25) is 19.6 Å². The first-order valence-corrected chi connectivity index (χ1v) is 11.8. The van der Waals surface area contributed by atoms with E-state index in [1.807, 2.05) is 22.9 Å². The molecule has 0 N–H and O–H groups in total. The number of hydrogen-bond acceptors (Lipinski definition) is 2. The monoisotopic (exact) mass is 333 g/mol. The SMILES string of the molecule is C[Si](C)(C)c1cc2ccccc2c2c1OC[N+](c1ccccc1)=N2. The minimum Gasteiger partial charge on any atom is -0.431 e. The van der Waals surface area contributed by atoms with E-state index in [0.29, 0.717) is 6.73 Å². The van der Waals surface area contributed by atoms with E-state index in [-0.39, 0.29) is 0 Å². The van der Waals surface area contributed by atoms with Crippen LogP contribution < -0.4 is 9.92 Å². The average molecular weight is 333 g/mol. The summed E-state index contributed by atoms with van der Waals surface area (Å²) in [6.07, 6.45) is 0. The van der Waals surface area contributed by atoms with Gasteiger partial charge in [-0.3, -0.25) is 0 Å². The lowest BCUT2D eigenvalue weighted by atomic mass is 10.1. The molecule has 3 nitrogen and oxygen atoms in total. The quantitative estimate of drug-likeness (QED) is 0.469. The van der Waals surface area contributed by atoms with E-state index in [1.165, 1.54) is 10.6 Å². The van der Waals surface area contributed by atoms with Crippen LogP contribution in [0.5, 0.6) is 5.75 Å². The fourth-order valence-electron chi connectivity index (χ4n) is 3.12. The first-order chi connectivity index (χ1) is 11.5. The Morgan fingerprint density at radius 3 is 2.42 bits per heavy atom. The molecule has 0 atom stereocenters. The number of hydrogen-bond donors (Lipinski definition) is 0. The summed E-state index contributed by atoms with van der Waals surface area (Å²) in [5.74, 6) is 0.972. The molecule has 0 radical (unpaired) electrons. The maximum atomic E-state index is 6.22. The predicted octanol–water partition coefficient (Wildman–Crippen LogP) is 5.16. The maximum Gasteiger partial charge on any atom is 0.317 e.